The van der Waals surface area contributed by atoms with Crippen molar-refractivity contribution in [3.8, 4) is 0 Å². The molecule has 2 N–H and O–H groups in total. The maximum atomic E-state index is 10.0. The van der Waals surface area contributed by atoms with Gasteiger partial charge in [0.1, 0.15) is 0 Å². The summed E-state index contributed by atoms with van der Waals surface area (Å²) in [6, 6.07) is 1.28. The van der Waals surface area contributed by atoms with Gasteiger partial charge in [0.05, 0.1) is 18.8 Å². The molecule has 4 atom stereocenters. The van der Waals surface area contributed by atoms with Crippen LogP contribution in [0.2, 0.25) is 0 Å². The molecule has 4 nitrogen and oxygen atoms in total. The number of hydrogen-bond acceptors (Lipinski definition) is 4. The van der Waals surface area contributed by atoms with Gasteiger partial charge in [0, 0.05) is 25.2 Å². The summed E-state index contributed by atoms with van der Waals surface area (Å²) in [6.07, 6.45) is 4.78. The number of aliphatic hydroxyl groups excluding tert-OH is 1. The molecule has 0 saturated carbocycles. The van der Waals surface area contributed by atoms with E-state index in [2.05, 4.69) is 31.0 Å². The Morgan fingerprint density at radius 3 is 2.80 bits per heavy atom. The van der Waals surface area contributed by atoms with Crippen molar-refractivity contribution in [3.05, 3.63) is 0 Å². The maximum Gasteiger partial charge on any atom is 0.0897 e. The van der Waals surface area contributed by atoms with Crippen molar-refractivity contribution in [3.63, 3.8) is 0 Å². The van der Waals surface area contributed by atoms with E-state index >= 15 is 0 Å². The fourth-order valence-electron chi connectivity index (χ4n) is 3.67. The standard InChI is InChI=1S/C16H32N2O2/c1-12(2)9-13(3)20-11-14(19)10-17-15-6-8-18-7-4-5-16(15)18/h12-17,19H,4-11H2,1-3H3. The molecule has 0 radical (unpaired) electrons. The highest BCUT2D eigenvalue weighted by atomic mass is 16.5. The minimum Gasteiger partial charge on any atom is -0.389 e. The molecule has 0 aromatic carbocycles. The largest absolute Gasteiger partial charge is 0.389 e. The van der Waals surface area contributed by atoms with Gasteiger partial charge in [-0.2, -0.15) is 0 Å². The topological polar surface area (TPSA) is 44.7 Å². The Morgan fingerprint density at radius 1 is 1.25 bits per heavy atom. The Morgan fingerprint density at radius 2 is 2.05 bits per heavy atom. The molecule has 2 heterocycles. The number of rotatable bonds is 8. The van der Waals surface area contributed by atoms with E-state index in [0.717, 1.165) is 6.42 Å². The van der Waals surface area contributed by atoms with E-state index in [0.29, 0.717) is 31.2 Å². The molecule has 0 aliphatic carbocycles. The van der Waals surface area contributed by atoms with Gasteiger partial charge in [-0.15, -0.1) is 0 Å². The molecule has 0 amide bonds. The summed E-state index contributed by atoms with van der Waals surface area (Å²) < 4.78 is 5.72. The van der Waals surface area contributed by atoms with Gasteiger partial charge in [-0.05, 0) is 45.1 Å². The first-order chi connectivity index (χ1) is 9.56. The van der Waals surface area contributed by atoms with E-state index in [9.17, 15) is 5.11 Å². The molecule has 0 spiro atoms. The highest BCUT2D eigenvalue weighted by Gasteiger charge is 2.36. The highest BCUT2D eigenvalue weighted by Crippen LogP contribution is 2.27. The van der Waals surface area contributed by atoms with Gasteiger partial charge in [-0.3, -0.25) is 4.90 Å². The first-order valence-corrected chi connectivity index (χ1v) is 8.33. The summed E-state index contributed by atoms with van der Waals surface area (Å²) in [6.45, 7) is 10.1. The smallest absolute Gasteiger partial charge is 0.0897 e. The summed E-state index contributed by atoms with van der Waals surface area (Å²) in [5.74, 6) is 0.645. The predicted molar refractivity (Wildman–Crippen MR) is 81.9 cm³/mol. The summed E-state index contributed by atoms with van der Waals surface area (Å²) in [5.41, 5.74) is 0. The van der Waals surface area contributed by atoms with Gasteiger partial charge in [0.2, 0.25) is 0 Å². The van der Waals surface area contributed by atoms with E-state index in [1.807, 2.05) is 0 Å². The number of nitrogens with one attached hydrogen (secondary N) is 1. The van der Waals surface area contributed by atoms with Gasteiger partial charge in [-0.25, -0.2) is 0 Å². The molecular formula is C16H32N2O2. The average molecular weight is 284 g/mol. The lowest BCUT2D eigenvalue weighted by Gasteiger charge is -2.23. The molecule has 0 aromatic heterocycles. The van der Waals surface area contributed by atoms with Crippen molar-refractivity contribution in [1.29, 1.82) is 0 Å². The van der Waals surface area contributed by atoms with Crippen LogP contribution in [0.5, 0.6) is 0 Å². The first kappa shape index (κ1) is 16.2. The van der Waals surface area contributed by atoms with Crippen molar-refractivity contribution < 1.29 is 9.84 Å². The normalized spacial score (nSPS) is 29.9. The Kier molecular flexibility index (Phi) is 6.27. The minimum atomic E-state index is -0.389. The van der Waals surface area contributed by atoms with Crippen LogP contribution in [0.3, 0.4) is 0 Å². The summed E-state index contributed by atoms with van der Waals surface area (Å²) in [4.78, 5) is 2.59. The third-order valence-corrected chi connectivity index (χ3v) is 4.60. The Hall–Kier alpha value is -0.160. The molecule has 118 valence electrons. The molecule has 0 aromatic rings. The van der Waals surface area contributed by atoms with Gasteiger partial charge in [-0.1, -0.05) is 13.8 Å². The zero-order chi connectivity index (χ0) is 14.5. The van der Waals surface area contributed by atoms with Crippen LogP contribution in [0.15, 0.2) is 0 Å². The fourth-order valence-corrected chi connectivity index (χ4v) is 3.67. The van der Waals surface area contributed by atoms with Crippen LogP contribution in [0.1, 0.15) is 46.5 Å². The van der Waals surface area contributed by atoms with Gasteiger partial charge < -0.3 is 15.2 Å². The number of fused-ring (bicyclic) bond motifs is 1. The Bertz CT molecular complexity index is 286. The van der Waals surface area contributed by atoms with Crippen molar-refractivity contribution in [2.75, 3.05) is 26.2 Å². The van der Waals surface area contributed by atoms with E-state index in [-0.39, 0.29) is 12.2 Å². The second kappa shape index (κ2) is 7.74. The van der Waals surface area contributed by atoms with E-state index in [4.69, 9.17) is 4.74 Å². The molecule has 2 rings (SSSR count). The number of aliphatic hydroxyl groups is 1. The molecule has 20 heavy (non-hydrogen) atoms. The predicted octanol–water partition coefficient (Wildman–Crippen LogP) is 1.62. The van der Waals surface area contributed by atoms with Crippen molar-refractivity contribution in [2.24, 2.45) is 5.92 Å². The Labute approximate surface area is 123 Å². The zero-order valence-corrected chi connectivity index (χ0v) is 13.3. The molecule has 2 fully saturated rings. The molecule has 2 aliphatic rings. The molecule has 4 heteroatoms. The van der Waals surface area contributed by atoms with E-state index in [1.165, 1.54) is 32.4 Å². The first-order valence-electron chi connectivity index (χ1n) is 8.33. The monoisotopic (exact) mass is 284 g/mol. The third-order valence-electron chi connectivity index (χ3n) is 4.60. The SMILES string of the molecule is CC(C)CC(C)OCC(O)CNC1CCN2CCCC12. The molecule has 4 unspecified atom stereocenters. The van der Waals surface area contributed by atoms with Crippen LogP contribution in [-0.2, 0) is 4.74 Å². The zero-order valence-electron chi connectivity index (χ0n) is 13.3. The average Bonchev–Trinajstić information content (AvgIpc) is 2.96. The van der Waals surface area contributed by atoms with Crippen molar-refractivity contribution in [1.82, 2.24) is 10.2 Å². The Balaban J connectivity index is 1.59. The van der Waals surface area contributed by atoms with Crippen molar-refractivity contribution >= 4 is 0 Å². The maximum absolute atomic E-state index is 10.0. The lowest BCUT2D eigenvalue weighted by Crippen LogP contribution is -2.43. The van der Waals surface area contributed by atoms with Crippen LogP contribution in [0.4, 0.5) is 0 Å². The van der Waals surface area contributed by atoms with E-state index in [1.54, 1.807) is 0 Å². The van der Waals surface area contributed by atoms with Gasteiger partial charge in [0.15, 0.2) is 0 Å². The third kappa shape index (κ3) is 4.69. The molecule has 0 bridgehead atoms. The molecular weight excluding hydrogens is 252 g/mol. The number of nitrogens with zero attached hydrogens (tertiary/aromatic N) is 1. The van der Waals surface area contributed by atoms with Gasteiger partial charge in [0.25, 0.3) is 0 Å². The molecule has 2 aliphatic heterocycles. The summed E-state index contributed by atoms with van der Waals surface area (Å²) >= 11 is 0. The summed E-state index contributed by atoms with van der Waals surface area (Å²) in [7, 11) is 0. The second-order valence-electron chi connectivity index (χ2n) is 6.98. The van der Waals surface area contributed by atoms with E-state index < -0.39 is 0 Å². The number of hydrogen-bond donors (Lipinski definition) is 2. The van der Waals surface area contributed by atoms with Crippen LogP contribution >= 0.6 is 0 Å². The quantitative estimate of drug-likeness (QED) is 0.711. The minimum absolute atomic E-state index is 0.237. The van der Waals surface area contributed by atoms with Gasteiger partial charge >= 0.3 is 0 Å². The number of ether oxygens (including phenoxy) is 1. The van der Waals surface area contributed by atoms with Crippen molar-refractivity contribution in [2.45, 2.75) is 70.7 Å². The highest BCUT2D eigenvalue weighted by molar-refractivity contribution is 4.95. The van der Waals surface area contributed by atoms with Crippen LogP contribution in [0.25, 0.3) is 0 Å². The van der Waals surface area contributed by atoms with Crippen LogP contribution in [0, 0.1) is 5.92 Å². The summed E-state index contributed by atoms with van der Waals surface area (Å²) in [5, 5.41) is 13.6. The lowest BCUT2D eigenvalue weighted by molar-refractivity contribution is -0.00948. The fraction of sp³-hybridized carbons (Fsp3) is 1.00. The lowest BCUT2D eigenvalue weighted by atomic mass is 10.1. The molecule has 2 saturated heterocycles. The second-order valence-corrected chi connectivity index (χ2v) is 6.98. The van der Waals surface area contributed by atoms with Crippen LogP contribution in [-0.4, -0.2) is 60.5 Å². The van der Waals surface area contributed by atoms with Crippen LogP contribution < -0.4 is 5.32 Å².